The molecule has 0 saturated carbocycles. The third-order valence-electron chi connectivity index (χ3n) is 3.73. The molecule has 3 aromatic rings. The van der Waals surface area contributed by atoms with Crippen molar-refractivity contribution < 1.29 is 17.6 Å². The van der Waals surface area contributed by atoms with E-state index in [-0.39, 0.29) is 17.4 Å². The number of hydrogen-bond donors (Lipinski definition) is 1. The summed E-state index contributed by atoms with van der Waals surface area (Å²) < 4.78 is 53.8. The van der Waals surface area contributed by atoms with Crippen molar-refractivity contribution in [3.63, 3.8) is 0 Å². The van der Waals surface area contributed by atoms with Crippen LogP contribution >= 0.6 is 11.6 Å². The summed E-state index contributed by atoms with van der Waals surface area (Å²) in [7, 11) is 0. The van der Waals surface area contributed by atoms with Crippen LogP contribution in [0.5, 0.6) is 0 Å². The molecule has 0 radical (unpaired) electrons. The van der Waals surface area contributed by atoms with Gasteiger partial charge in [0.15, 0.2) is 0 Å². The second kappa shape index (κ2) is 6.95. The Morgan fingerprint density at radius 1 is 1.19 bits per heavy atom. The van der Waals surface area contributed by atoms with E-state index in [1.54, 1.807) is 36.0 Å². The van der Waals surface area contributed by atoms with Gasteiger partial charge >= 0.3 is 6.18 Å². The van der Waals surface area contributed by atoms with Crippen LogP contribution in [0.4, 0.5) is 23.4 Å². The van der Waals surface area contributed by atoms with Gasteiger partial charge in [0.2, 0.25) is 0 Å². The molecule has 0 spiro atoms. The topological polar surface area (TPSA) is 42.7 Å². The van der Waals surface area contributed by atoms with Crippen LogP contribution in [-0.2, 0) is 12.7 Å². The molecule has 2 heterocycles. The minimum atomic E-state index is -4.51. The Balaban J connectivity index is 1.75. The fourth-order valence-electron chi connectivity index (χ4n) is 2.40. The van der Waals surface area contributed by atoms with Crippen LogP contribution in [-0.4, -0.2) is 14.5 Å². The molecule has 1 aromatic carbocycles. The Hall–Kier alpha value is -2.61. The molecule has 0 aliphatic carbocycles. The van der Waals surface area contributed by atoms with E-state index < -0.39 is 17.6 Å². The SMILES string of the molecule is Cc1nccn1-c1ccc(CNc2ncc(C(F)(F)F)cc2Cl)cc1F. The highest BCUT2D eigenvalue weighted by Crippen LogP contribution is 2.32. The molecule has 0 aliphatic rings. The smallest absolute Gasteiger partial charge is 0.365 e. The van der Waals surface area contributed by atoms with Crippen LogP contribution in [0.15, 0.2) is 42.9 Å². The maximum Gasteiger partial charge on any atom is 0.417 e. The number of benzene rings is 1. The lowest BCUT2D eigenvalue weighted by atomic mass is 10.2. The van der Waals surface area contributed by atoms with Crippen molar-refractivity contribution in [3.05, 3.63) is 70.6 Å². The van der Waals surface area contributed by atoms with Gasteiger partial charge in [0.25, 0.3) is 0 Å². The number of halogens is 5. The van der Waals surface area contributed by atoms with Crippen LogP contribution in [0.3, 0.4) is 0 Å². The largest absolute Gasteiger partial charge is 0.417 e. The van der Waals surface area contributed by atoms with E-state index in [0.717, 1.165) is 6.07 Å². The lowest BCUT2D eigenvalue weighted by Gasteiger charge is -2.12. The van der Waals surface area contributed by atoms with Crippen LogP contribution in [0.25, 0.3) is 5.69 Å². The monoisotopic (exact) mass is 384 g/mol. The predicted molar refractivity (Wildman–Crippen MR) is 89.8 cm³/mol. The summed E-state index contributed by atoms with van der Waals surface area (Å²) in [5, 5.41) is 2.64. The fraction of sp³-hybridized carbons (Fsp3) is 0.176. The van der Waals surface area contributed by atoms with Gasteiger partial charge in [-0.05, 0) is 30.7 Å². The van der Waals surface area contributed by atoms with Gasteiger partial charge < -0.3 is 9.88 Å². The quantitative estimate of drug-likeness (QED) is 0.644. The Morgan fingerprint density at radius 2 is 1.96 bits per heavy atom. The molecule has 4 nitrogen and oxygen atoms in total. The summed E-state index contributed by atoms with van der Waals surface area (Å²) in [6.45, 7) is 1.91. The lowest BCUT2D eigenvalue weighted by Crippen LogP contribution is -2.08. The van der Waals surface area contributed by atoms with Crippen molar-refractivity contribution in [3.8, 4) is 5.69 Å². The van der Waals surface area contributed by atoms with Crippen molar-refractivity contribution >= 4 is 17.4 Å². The Labute approximate surface area is 151 Å². The molecule has 0 aliphatic heterocycles. The number of pyridine rings is 1. The first kappa shape index (κ1) is 18.2. The fourth-order valence-corrected chi connectivity index (χ4v) is 2.63. The first-order chi connectivity index (χ1) is 12.3. The standard InChI is InChI=1S/C17H13ClF4N4/c1-10-23-4-5-26(10)15-3-2-11(6-14(15)19)8-24-16-13(18)7-12(9-25-16)17(20,21)22/h2-7,9H,8H2,1H3,(H,24,25). The Bertz CT molecular complexity index is 937. The third-order valence-corrected chi connectivity index (χ3v) is 4.01. The van der Waals surface area contributed by atoms with E-state index in [2.05, 4.69) is 15.3 Å². The summed E-state index contributed by atoms with van der Waals surface area (Å²) in [5.41, 5.74) is 0.00960. The summed E-state index contributed by atoms with van der Waals surface area (Å²) in [6.07, 6.45) is -0.598. The molecule has 0 bridgehead atoms. The first-order valence-corrected chi connectivity index (χ1v) is 7.89. The molecule has 0 saturated heterocycles. The summed E-state index contributed by atoms with van der Waals surface area (Å²) in [5.74, 6) is 0.294. The van der Waals surface area contributed by atoms with Gasteiger partial charge in [-0.3, -0.25) is 0 Å². The first-order valence-electron chi connectivity index (χ1n) is 7.51. The van der Waals surface area contributed by atoms with E-state index in [0.29, 0.717) is 23.3 Å². The molecule has 1 N–H and O–H groups in total. The maximum atomic E-state index is 14.3. The molecule has 136 valence electrons. The highest BCUT2D eigenvalue weighted by molar-refractivity contribution is 6.32. The highest BCUT2D eigenvalue weighted by atomic mass is 35.5. The lowest BCUT2D eigenvalue weighted by molar-refractivity contribution is -0.137. The second-order valence-corrected chi connectivity index (χ2v) is 5.94. The number of alkyl halides is 3. The summed E-state index contributed by atoms with van der Waals surface area (Å²) in [6, 6.07) is 5.42. The Morgan fingerprint density at radius 3 is 2.54 bits per heavy atom. The number of anilines is 1. The van der Waals surface area contributed by atoms with Gasteiger partial charge in [0, 0.05) is 25.1 Å². The van der Waals surface area contributed by atoms with Gasteiger partial charge in [0.05, 0.1) is 16.3 Å². The zero-order chi connectivity index (χ0) is 18.9. The number of nitrogens with zero attached hydrogens (tertiary/aromatic N) is 3. The highest BCUT2D eigenvalue weighted by Gasteiger charge is 2.31. The number of hydrogen-bond acceptors (Lipinski definition) is 3. The van der Waals surface area contributed by atoms with Gasteiger partial charge in [0.1, 0.15) is 17.5 Å². The van der Waals surface area contributed by atoms with E-state index >= 15 is 0 Å². The maximum absolute atomic E-state index is 14.3. The predicted octanol–water partition coefficient (Wildman–Crippen LogP) is 5.00. The minimum absolute atomic E-state index is 0.0922. The number of imidazole rings is 1. The second-order valence-electron chi connectivity index (χ2n) is 5.54. The van der Waals surface area contributed by atoms with Gasteiger partial charge in [-0.2, -0.15) is 13.2 Å². The van der Waals surface area contributed by atoms with E-state index in [9.17, 15) is 17.6 Å². The van der Waals surface area contributed by atoms with E-state index in [1.807, 2.05) is 0 Å². The van der Waals surface area contributed by atoms with Crippen LogP contribution in [0.1, 0.15) is 17.0 Å². The van der Waals surface area contributed by atoms with Crippen LogP contribution in [0, 0.1) is 12.7 Å². The van der Waals surface area contributed by atoms with Crippen molar-refractivity contribution in [2.75, 3.05) is 5.32 Å². The van der Waals surface area contributed by atoms with Crippen molar-refractivity contribution in [2.24, 2.45) is 0 Å². The number of aromatic nitrogens is 3. The molecule has 0 atom stereocenters. The summed E-state index contributed by atoms with van der Waals surface area (Å²) >= 11 is 5.83. The molecule has 9 heteroatoms. The van der Waals surface area contributed by atoms with E-state index in [1.165, 1.54) is 6.07 Å². The molecule has 26 heavy (non-hydrogen) atoms. The molecule has 2 aromatic heterocycles. The van der Waals surface area contributed by atoms with Gasteiger partial charge in [-0.15, -0.1) is 0 Å². The normalized spacial score (nSPS) is 11.6. The Kier molecular flexibility index (Phi) is 4.86. The molecular formula is C17H13ClF4N4. The molecule has 0 amide bonds. The van der Waals surface area contributed by atoms with Crippen LogP contribution in [0.2, 0.25) is 5.02 Å². The van der Waals surface area contributed by atoms with E-state index in [4.69, 9.17) is 11.6 Å². The molecule has 3 rings (SSSR count). The molecule has 0 fully saturated rings. The minimum Gasteiger partial charge on any atom is -0.365 e. The summed E-state index contributed by atoms with van der Waals surface area (Å²) in [4.78, 5) is 7.73. The third kappa shape index (κ3) is 3.80. The number of aryl methyl sites for hydroxylation is 1. The zero-order valence-corrected chi connectivity index (χ0v) is 14.2. The van der Waals surface area contributed by atoms with Gasteiger partial charge in [-0.1, -0.05) is 17.7 Å². The average molecular weight is 385 g/mol. The van der Waals surface area contributed by atoms with Crippen LogP contribution < -0.4 is 5.32 Å². The van der Waals surface area contributed by atoms with Gasteiger partial charge in [-0.25, -0.2) is 14.4 Å². The molecule has 0 unspecified atom stereocenters. The zero-order valence-electron chi connectivity index (χ0n) is 13.5. The van der Waals surface area contributed by atoms with Crippen molar-refractivity contribution in [2.45, 2.75) is 19.6 Å². The van der Waals surface area contributed by atoms with Crippen molar-refractivity contribution in [1.29, 1.82) is 0 Å². The van der Waals surface area contributed by atoms with Crippen molar-refractivity contribution in [1.82, 2.24) is 14.5 Å². The number of rotatable bonds is 4. The number of nitrogens with one attached hydrogen (secondary N) is 1. The average Bonchev–Trinajstić information content (AvgIpc) is 2.99. The molecular weight excluding hydrogens is 372 g/mol.